The Balaban J connectivity index is 1.71. The molecule has 11 heteroatoms. The molecule has 0 aliphatic rings. The largest absolute Gasteiger partial charge is 0.382 e. The van der Waals surface area contributed by atoms with Crippen molar-refractivity contribution in [3.8, 4) is 11.4 Å². The van der Waals surface area contributed by atoms with Gasteiger partial charge in [0, 0.05) is 37.7 Å². The first-order valence-corrected chi connectivity index (χ1v) is 11.6. The molecule has 0 aliphatic heterocycles. The lowest BCUT2D eigenvalue weighted by Gasteiger charge is -2.11. The van der Waals surface area contributed by atoms with Crippen LogP contribution in [0, 0.1) is 0 Å². The van der Waals surface area contributed by atoms with Crippen LogP contribution in [0.2, 0.25) is 15.1 Å². The van der Waals surface area contributed by atoms with Crippen molar-refractivity contribution in [3.05, 3.63) is 51.7 Å². The minimum absolute atomic E-state index is 0.122. The van der Waals surface area contributed by atoms with Gasteiger partial charge in [-0.3, -0.25) is 9.78 Å². The Morgan fingerprint density at radius 3 is 2.61 bits per heavy atom. The fourth-order valence-corrected chi connectivity index (χ4v) is 4.07. The predicted molar refractivity (Wildman–Crippen MR) is 125 cm³/mol. The van der Waals surface area contributed by atoms with E-state index in [1.165, 1.54) is 23.9 Å². The quantitative estimate of drug-likeness (QED) is 0.226. The van der Waals surface area contributed by atoms with Crippen LogP contribution >= 0.6 is 46.6 Å². The zero-order valence-corrected chi connectivity index (χ0v) is 19.7. The van der Waals surface area contributed by atoms with Crippen LogP contribution in [0.1, 0.15) is 13.3 Å². The van der Waals surface area contributed by atoms with Gasteiger partial charge in [-0.1, -0.05) is 46.6 Å². The highest BCUT2D eigenvalue weighted by atomic mass is 35.5. The Kier molecular flexibility index (Phi) is 8.98. The van der Waals surface area contributed by atoms with E-state index in [1.54, 1.807) is 12.4 Å². The summed E-state index contributed by atoms with van der Waals surface area (Å²) in [6, 6.07) is 6.75. The summed E-state index contributed by atoms with van der Waals surface area (Å²) in [6.07, 6.45) is 4.20. The van der Waals surface area contributed by atoms with Crippen LogP contribution in [0.5, 0.6) is 0 Å². The second kappa shape index (κ2) is 11.7. The zero-order chi connectivity index (χ0) is 22.2. The fraction of sp³-hybridized carbons (Fsp3) is 0.300. The number of pyridine rings is 1. The van der Waals surface area contributed by atoms with Crippen molar-refractivity contribution in [1.82, 2.24) is 19.7 Å². The Labute approximate surface area is 199 Å². The highest BCUT2D eigenvalue weighted by molar-refractivity contribution is 7.99. The van der Waals surface area contributed by atoms with Crippen molar-refractivity contribution in [2.24, 2.45) is 0 Å². The number of ether oxygens (including phenoxy) is 1. The van der Waals surface area contributed by atoms with Gasteiger partial charge in [0.1, 0.15) is 0 Å². The summed E-state index contributed by atoms with van der Waals surface area (Å²) in [7, 11) is 0. The van der Waals surface area contributed by atoms with Crippen molar-refractivity contribution >= 4 is 58.2 Å². The second-order valence-electron chi connectivity index (χ2n) is 6.33. The molecule has 31 heavy (non-hydrogen) atoms. The number of nitrogens with zero attached hydrogens (tertiary/aromatic N) is 4. The van der Waals surface area contributed by atoms with Crippen molar-refractivity contribution in [1.29, 1.82) is 0 Å². The molecule has 0 fully saturated rings. The van der Waals surface area contributed by atoms with Gasteiger partial charge in [-0.25, -0.2) is 0 Å². The number of carbonyl (C=O) groups is 1. The zero-order valence-electron chi connectivity index (χ0n) is 16.6. The third kappa shape index (κ3) is 6.57. The molecular formula is C20H20Cl3N5O2S. The molecule has 0 unspecified atom stereocenters. The number of hydrogen-bond acceptors (Lipinski definition) is 6. The normalized spacial score (nSPS) is 11.0. The van der Waals surface area contributed by atoms with Crippen molar-refractivity contribution < 1.29 is 9.53 Å². The van der Waals surface area contributed by atoms with Crippen LogP contribution in [0.4, 0.5) is 5.69 Å². The Bertz CT molecular complexity index is 1030. The number of benzene rings is 1. The number of aromatic nitrogens is 4. The number of carbonyl (C=O) groups excluding carboxylic acids is 1. The summed E-state index contributed by atoms with van der Waals surface area (Å²) in [4.78, 5) is 16.5. The van der Waals surface area contributed by atoms with E-state index in [-0.39, 0.29) is 11.7 Å². The van der Waals surface area contributed by atoms with E-state index < -0.39 is 0 Å². The van der Waals surface area contributed by atoms with E-state index in [0.717, 1.165) is 12.0 Å². The molecule has 2 heterocycles. The summed E-state index contributed by atoms with van der Waals surface area (Å²) in [5.74, 6) is 0.588. The number of thioether (sulfide) groups is 1. The number of amides is 1. The lowest BCUT2D eigenvalue weighted by molar-refractivity contribution is -0.113. The number of halogens is 3. The standard InChI is InChI=1S/C20H20Cl3N5O2S/c1-2-30-9-3-8-28-19(13-4-6-24-7-5-13)26-27-20(28)31-12-18(29)25-17-11-15(22)14(21)10-16(17)23/h4-7,10-11H,2-3,8-9,12H2,1H3,(H,25,29). The van der Waals surface area contributed by atoms with E-state index in [9.17, 15) is 4.79 Å². The van der Waals surface area contributed by atoms with Crippen molar-refractivity contribution in [2.75, 3.05) is 24.3 Å². The molecule has 2 aromatic heterocycles. The SMILES string of the molecule is CCOCCCn1c(SCC(=O)Nc2cc(Cl)c(Cl)cc2Cl)nnc1-c1ccncc1. The first-order valence-electron chi connectivity index (χ1n) is 9.48. The average Bonchev–Trinajstić information content (AvgIpc) is 3.17. The average molecular weight is 501 g/mol. The minimum Gasteiger partial charge on any atom is -0.382 e. The van der Waals surface area contributed by atoms with Gasteiger partial charge in [0.25, 0.3) is 0 Å². The number of rotatable bonds is 10. The topological polar surface area (TPSA) is 81.9 Å². The monoisotopic (exact) mass is 499 g/mol. The lowest BCUT2D eigenvalue weighted by atomic mass is 10.2. The van der Waals surface area contributed by atoms with Gasteiger partial charge in [0.05, 0.1) is 26.5 Å². The van der Waals surface area contributed by atoms with E-state index in [1.807, 2.05) is 23.6 Å². The molecule has 3 rings (SSSR count). The first kappa shape index (κ1) is 23.8. The van der Waals surface area contributed by atoms with Crippen LogP contribution in [-0.4, -0.2) is 44.6 Å². The van der Waals surface area contributed by atoms with Gasteiger partial charge in [-0.05, 0) is 37.6 Å². The van der Waals surface area contributed by atoms with E-state index in [2.05, 4.69) is 20.5 Å². The number of anilines is 1. The van der Waals surface area contributed by atoms with Crippen LogP contribution in [0.3, 0.4) is 0 Å². The van der Waals surface area contributed by atoms with Gasteiger partial charge in [-0.15, -0.1) is 10.2 Å². The highest BCUT2D eigenvalue weighted by Gasteiger charge is 2.16. The molecule has 0 saturated heterocycles. The van der Waals surface area contributed by atoms with Gasteiger partial charge < -0.3 is 14.6 Å². The molecule has 1 N–H and O–H groups in total. The van der Waals surface area contributed by atoms with Crippen LogP contribution in [0.25, 0.3) is 11.4 Å². The van der Waals surface area contributed by atoms with Gasteiger partial charge in [-0.2, -0.15) is 0 Å². The summed E-state index contributed by atoms with van der Waals surface area (Å²) < 4.78 is 7.43. The molecular weight excluding hydrogens is 481 g/mol. The van der Waals surface area contributed by atoms with E-state index in [0.29, 0.717) is 51.5 Å². The minimum atomic E-state index is -0.250. The molecule has 0 aliphatic carbocycles. The summed E-state index contributed by atoms with van der Waals surface area (Å²) in [5, 5.41) is 12.9. The summed E-state index contributed by atoms with van der Waals surface area (Å²) >= 11 is 19.4. The second-order valence-corrected chi connectivity index (χ2v) is 8.49. The highest BCUT2D eigenvalue weighted by Crippen LogP contribution is 2.32. The third-order valence-corrected chi connectivity index (χ3v) is 6.15. The summed E-state index contributed by atoms with van der Waals surface area (Å²) in [5.41, 5.74) is 1.30. The Hall–Kier alpha value is -1.84. The third-order valence-electron chi connectivity index (χ3n) is 4.15. The molecule has 0 saturated carbocycles. The van der Waals surface area contributed by atoms with Crippen LogP contribution in [-0.2, 0) is 16.1 Å². The lowest BCUT2D eigenvalue weighted by Crippen LogP contribution is -2.15. The Morgan fingerprint density at radius 1 is 1.13 bits per heavy atom. The number of hydrogen-bond donors (Lipinski definition) is 1. The molecule has 0 spiro atoms. The van der Waals surface area contributed by atoms with Crippen molar-refractivity contribution in [2.45, 2.75) is 25.0 Å². The molecule has 1 aromatic carbocycles. The molecule has 0 radical (unpaired) electrons. The molecule has 3 aromatic rings. The Morgan fingerprint density at radius 2 is 1.87 bits per heavy atom. The van der Waals surface area contributed by atoms with Crippen LogP contribution in [0.15, 0.2) is 41.8 Å². The van der Waals surface area contributed by atoms with Gasteiger partial charge >= 0.3 is 0 Å². The molecule has 164 valence electrons. The number of nitrogens with one attached hydrogen (secondary N) is 1. The van der Waals surface area contributed by atoms with Gasteiger partial charge in [0.15, 0.2) is 11.0 Å². The summed E-state index contributed by atoms with van der Waals surface area (Å²) in [6.45, 7) is 3.91. The first-order chi connectivity index (χ1) is 15.0. The maximum atomic E-state index is 12.5. The predicted octanol–water partition coefficient (Wildman–Crippen LogP) is 5.46. The molecule has 1 amide bonds. The molecule has 0 bridgehead atoms. The maximum absolute atomic E-state index is 12.5. The molecule has 0 atom stereocenters. The van der Waals surface area contributed by atoms with E-state index >= 15 is 0 Å². The maximum Gasteiger partial charge on any atom is 0.234 e. The van der Waals surface area contributed by atoms with Crippen LogP contribution < -0.4 is 5.32 Å². The smallest absolute Gasteiger partial charge is 0.234 e. The van der Waals surface area contributed by atoms with Crippen molar-refractivity contribution in [3.63, 3.8) is 0 Å². The van der Waals surface area contributed by atoms with Gasteiger partial charge in [0.2, 0.25) is 5.91 Å². The van der Waals surface area contributed by atoms with E-state index in [4.69, 9.17) is 39.5 Å². The fourth-order valence-electron chi connectivity index (χ4n) is 2.72. The molecule has 7 nitrogen and oxygen atoms in total.